The van der Waals surface area contributed by atoms with E-state index in [0.29, 0.717) is 6.04 Å². The molecule has 1 aromatic heterocycles. The van der Waals surface area contributed by atoms with Crippen LogP contribution in [0.15, 0.2) is 34.2 Å². The molecule has 1 fully saturated rings. The van der Waals surface area contributed by atoms with E-state index in [1.54, 1.807) is 0 Å². The van der Waals surface area contributed by atoms with Gasteiger partial charge in [-0.25, -0.2) is 0 Å². The number of hydrogen-bond donors (Lipinski definition) is 2. The minimum atomic E-state index is 0. The van der Waals surface area contributed by atoms with Crippen LogP contribution in [0.4, 0.5) is 0 Å². The molecule has 1 unspecified atom stereocenters. The van der Waals surface area contributed by atoms with Gasteiger partial charge in [-0.1, -0.05) is 17.7 Å². The summed E-state index contributed by atoms with van der Waals surface area (Å²) in [5.74, 6) is 0.897. The predicted octanol–water partition coefficient (Wildman–Crippen LogP) is 3.40. The van der Waals surface area contributed by atoms with E-state index in [1.807, 2.05) is 18.4 Å². The van der Waals surface area contributed by atoms with E-state index in [4.69, 9.17) is 4.74 Å². The number of ether oxygens (including phenoxy) is 1. The average Bonchev–Trinajstić information content (AvgIpc) is 3.36. The quantitative estimate of drug-likeness (QED) is 0.266. The van der Waals surface area contributed by atoms with E-state index in [-0.39, 0.29) is 24.0 Å². The molecule has 1 atom stereocenters. The lowest BCUT2D eigenvalue weighted by Gasteiger charge is -2.27. The van der Waals surface area contributed by atoms with Crippen LogP contribution in [0.25, 0.3) is 0 Å². The number of likely N-dealkylation sites (tertiary alicyclic amines) is 1. The summed E-state index contributed by atoms with van der Waals surface area (Å²) in [7, 11) is 1.85. The summed E-state index contributed by atoms with van der Waals surface area (Å²) in [5.41, 5.74) is 1.49. The Morgan fingerprint density at radius 1 is 1.35 bits per heavy atom. The topological polar surface area (TPSA) is 48.9 Å². The van der Waals surface area contributed by atoms with Crippen LogP contribution < -0.4 is 10.6 Å². The molecule has 0 bridgehead atoms. The molecule has 146 valence electrons. The Balaban J connectivity index is 0.00000243. The monoisotopic (exact) mass is 490 g/mol. The van der Waals surface area contributed by atoms with Gasteiger partial charge in [-0.15, -0.1) is 35.3 Å². The maximum Gasteiger partial charge on any atom is 0.191 e. The molecule has 0 radical (unpaired) electrons. The highest BCUT2D eigenvalue weighted by atomic mass is 127. The van der Waals surface area contributed by atoms with E-state index in [0.717, 1.165) is 45.1 Å². The Bertz CT molecular complexity index is 570. The molecule has 0 saturated carbocycles. The third-order valence-corrected chi connectivity index (χ3v) is 5.91. The van der Waals surface area contributed by atoms with Gasteiger partial charge in [-0.3, -0.25) is 9.89 Å². The first-order valence-electron chi connectivity index (χ1n) is 9.34. The van der Waals surface area contributed by atoms with Gasteiger partial charge < -0.3 is 15.4 Å². The normalized spacial score (nSPS) is 19.6. The fourth-order valence-corrected chi connectivity index (χ4v) is 4.35. The SMILES string of the molecule is CN=C(NCCC1=CCOCC1)NCC(c1cccs1)N1CCCC1.I. The molecule has 0 spiro atoms. The van der Waals surface area contributed by atoms with Crippen LogP contribution in [0.1, 0.15) is 36.6 Å². The predicted molar refractivity (Wildman–Crippen MR) is 121 cm³/mol. The summed E-state index contributed by atoms with van der Waals surface area (Å²) >= 11 is 1.85. The highest BCUT2D eigenvalue weighted by Crippen LogP contribution is 2.27. The highest BCUT2D eigenvalue weighted by molar-refractivity contribution is 14.0. The second-order valence-electron chi connectivity index (χ2n) is 6.59. The Hall–Kier alpha value is -0.640. The van der Waals surface area contributed by atoms with Crippen molar-refractivity contribution in [2.24, 2.45) is 4.99 Å². The third kappa shape index (κ3) is 6.51. The summed E-state index contributed by atoms with van der Waals surface area (Å²) < 4.78 is 5.36. The zero-order valence-electron chi connectivity index (χ0n) is 15.6. The molecule has 0 amide bonds. The molecule has 2 aliphatic heterocycles. The molecule has 2 aliphatic rings. The van der Waals surface area contributed by atoms with E-state index < -0.39 is 0 Å². The number of rotatable bonds is 7. The van der Waals surface area contributed by atoms with Crippen LogP contribution in [-0.2, 0) is 4.74 Å². The maximum absolute atomic E-state index is 5.36. The van der Waals surface area contributed by atoms with Gasteiger partial charge in [0.05, 0.1) is 19.3 Å². The molecule has 0 aromatic carbocycles. The van der Waals surface area contributed by atoms with Gasteiger partial charge in [-0.05, 0) is 50.2 Å². The first-order valence-corrected chi connectivity index (χ1v) is 10.2. The van der Waals surface area contributed by atoms with Crippen molar-refractivity contribution in [1.29, 1.82) is 0 Å². The van der Waals surface area contributed by atoms with Crippen LogP contribution in [-0.4, -0.2) is 57.3 Å². The summed E-state index contributed by atoms with van der Waals surface area (Å²) in [6.45, 7) is 5.84. The van der Waals surface area contributed by atoms with Crippen LogP contribution in [0, 0.1) is 0 Å². The third-order valence-electron chi connectivity index (χ3n) is 4.94. The lowest BCUT2D eigenvalue weighted by Crippen LogP contribution is -2.42. The fourth-order valence-electron chi connectivity index (χ4n) is 3.49. The first-order chi connectivity index (χ1) is 12.4. The maximum atomic E-state index is 5.36. The van der Waals surface area contributed by atoms with Gasteiger partial charge in [0.2, 0.25) is 0 Å². The van der Waals surface area contributed by atoms with E-state index >= 15 is 0 Å². The van der Waals surface area contributed by atoms with Crippen molar-refractivity contribution in [3.63, 3.8) is 0 Å². The van der Waals surface area contributed by atoms with Crippen molar-refractivity contribution >= 4 is 41.3 Å². The largest absolute Gasteiger partial charge is 0.377 e. The number of nitrogens with one attached hydrogen (secondary N) is 2. The van der Waals surface area contributed by atoms with Crippen LogP contribution >= 0.6 is 35.3 Å². The Morgan fingerprint density at radius 3 is 2.85 bits per heavy atom. The average molecular weight is 490 g/mol. The van der Waals surface area contributed by atoms with Crippen LogP contribution in [0.5, 0.6) is 0 Å². The Labute approximate surface area is 178 Å². The second-order valence-corrected chi connectivity index (χ2v) is 7.57. The molecular weight excluding hydrogens is 459 g/mol. The van der Waals surface area contributed by atoms with Gasteiger partial charge in [0, 0.05) is 25.0 Å². The molecule has 1 aromatic rings. The number of aliphatic imine (C=N–C) groups is 1. The van der Waals surface area contributed by atoms with E-state index in [2.05, 4.69) is 44.1 Å². The number of thiophene rings is 1. The number of nitrogens with zero attached hydrogens (tertiary/aromatic N) is 2. The summed E-state index contributed by atoms with van der Waals surface area (Å²) in [6, 6.07) is 4.85. The lowest BCUT2D eigenvalue weighted by molar-refractivity contribution is 0.153. The Kier molecular flexibility index (Phi) is 9.95. The number of halogens is 1. The summed E-state index contributed by atoms with van der Waals surface area (Å²) in [6.07, 6.45) is 6.95. The second kappa shape index (κ2) is 11.9. The zero-order chi connectivity index (χ0) is 17.3. The summed E-state index contributed by atoms with van der Waals surface area (Å²) in [5, 5.41) is 9.16. The molecule has 5 nitrogen and oxygen atoms in total. The van der Waals surface area contributed by atoms with Gasteiger partial charge in [0.1, 0.15) is 0 Å². The first kappa shape index (κ1) is 21.7. The van der Waals surface area contributed by atoms with Crippen molar-refractivity contribution in [3.05, 3.63) is 34.0 Å². The van der Waals surface area contributed by atoms with Crippen molar-refractivity contribution in [2.75, 3.05) is 46.4 Å². The lowest BCUT2D eigenvalue weighted by atomic mass is 10.1. The van der Waals surface area contributed by atoms with Crippen molar-refractivity contribution in [2.45, 2.75) is 31.7 Å². The molecule has 0 aliphatic carbocycles. The van der Waals surface area contributed by atoms with Crippen LogP contribution in [0.2, 0.25) is 0 Å². The summed E-state index contributed by atoms with van der Waals surface area (Å²) in [4.78, 5) is 8.42. The molecule has 26 heavy (non-hydrogen) atoms. The van der Waals surface area contributed by atoms with Gasteiger partial charge in [-0.2, -0.15) is 0 Å². The van der Waals surface area contributed by atoms with Gasteiger partial charge in [0.15, 0.2) is 5.96 Å². The zero-order valence-corrected chi connectivity index (χ0v) is 18.7. The molecular formula is C19H31IN4OS. The fraction of sp³-hybridized carbons (Fsp3) is 0.632. The Morgan fingerprint density at radius 2 is 2.19 bits per heavy atom. The van der Waals surface area contributed by atoms with Gasteiger partial charge >= 0.3 is 0 Å². The molecule has 1 saturated heterocycles. The number of guanidine groups is 1. The minimum Gasteiger partial charge on any atom is -0.377 e. The van der Waals surface area contributed by atoms with Crippen LogP contribution in [0.3, 0.4) is 0 Å². The number of hydrogen-bond acceptors (Lipinski definition) is 4. The van der Waals surface area contributed by atoms with Gasteiger partial charge in [0.25, 0.3) is 0 Å². The minimum absolute atomic E-state index is 0. The molecule has 3 rings (SSSR count). The molecule has 3 heterocycles. The highest BCUT2D eigenvalue weighted by Gasteiger charge is 2.24. The van der Waals surface area contributed by atoms with Crippen molar-refractivity contribution in [3.8, 4) is 0 Å². The smallest absolute Gasteiger partial charge is 0.191 e. The van der Waals surface area contributed by atoms with Crippen molar-refractivity contribution in [1.82, 2.24) is 15.5 Å². The van der Waals surface area contributed by atoms with E-state index in [1.165, 1.54) is 36.4 Å². The molecule has 2 N–H and O–H groups in total. The molecule has 7 heteroatoms. The standard InChI is InChI=1S/C19H30N4OS.HI/c1-20-19(21-9-6-16-7-12-24-13-8-16)22-15-17(18-5-4-14-25-18)23-10-2-3-11-23;/h4-5,7,14,17H,2-3,6,8-13,15H2,1H3,(H2,20,21,22);1H. The van der Waals surface area contributed by atoms with E-state index in [9.17, 15) is 0 Å². The van der Waals surface area contributed by atoms with Crippen molar-refractivity contribution < 1.29 is 4.74 Å².